The van der Waals surface area contributed by atoms with Gasteiger partial charge in [0, 0.05) is 42.8 Å². The lowest BCUT2D eigenvalue weighted by atomic mass is 9.88. The molecule has 1 unspecified atom stereocenters. The molecule has 18 heteroatoms. The van der Waals surface area contributed by atoms with Gasteiger partial charge in [0.15, 0.2) is 5.60 Å². The maximum Gasteiger partial charge on any atom is 0.336 e. The van der Waals surface area contributed by atoms with Gasteiger partial charge in [-0.05, 0) is 84.9 Å². The van der Waals surface area contributed by atoms with Crippen molar-refractivity contribution in [1.29, 1.82) is 0 Å². The van der Waals surface area contributed by atoms with E-state index < -0.39 is 52.1 Å². The highest BCUT2D eigenvalue weighted by Gasteiger charge is 2.40. The summed E-state index contributed by atoms with van der Waals surface area (Å²) in [4.78, 5) is 60.5. The number of aliphatic hydroxyl groups is 1. The zero-order valence-electron chi connectivity index (χ0n) is 31.7. The summed E-state index contributed by atoms with van der Waals surface area (Å²) in [7, 11) is 0.717. The molecule has 6 N–H and O–H groups in total. The minimum absolute atomic E-state index is 0. The lowest BCUT2D eigenvalue weighted by molar-refractivity contribution is -0.384. The van der Waals surface area contributed by atoms with Crippen LogP contribution in [0.4, 0.5) is 5.69 Å². The van der Waals surface area contributed by atoms with E-state index in [1.165, 1.54) is 17.7 Å². The van der Waals surface area contributed by atoms with Gasteiger partial charge in [0.1, 0.15) is 0 Å². The van der Waals surface area contributed by atoms with Crippen molar-refractivity contribution in [2.75, 3.05) is 39.5 Å². The second-order valence-electron chi connectivity index (χ2n) is 13.9. The molecule has 1 amide bonds. The predicted molar refractivity (Wildman–Crippen MR) is 219 cm³/mol. The third kappa shape index (κ3) is 12.5. The van der Waals surface area contributed by atoms with Crippen LogP contribution in [0.25, 0.3) is 10.8 Å². The number of piperidine rings is 1. The second-order valence-corrected chi connectivity index (χ2v) is 16.1. The van der Waals surface area contributed by atoms with E-state index in [9.17, 15) is 33.5 Å². The average molecular weight is 863 g/mol. The Bertz CT molecular complexity index is 2150. The van der Waals surface area contributed by atoms with Gasteiger partial charge in [-0.2, -0.15) is 0 Å². The molecule has 1 aliphatic rings. The number of carbonyl (C=O) groups is 4. The second kappa shape index (κ2) is 21.2. The quantitative estimate of drug-likeness (QED) is 0.0813. The van der Waals surface area contributed by atoms with Gasteiger partial charge < -0.3 is 35.7 Å². The number of carboxylic acids is 3. The third-order valence-electron chi connectivity index (χ3n) is 9.88. The van der Waals surface area contributed by atoms with Crippen LogP contribution in [0.5, 0.6) is 0 Å². The Hall–Kier alpha value is -4.97. The molecule has 1 fully saturated rings. The highest BCUT2D eigenvalue weighted by atomic mass is 35.5. The molecule has 0 aromatic heterocycles. The van der Waals surface area contributed by atoms with Crippen molar-refractivity contribution in [3.8, 4) is 0 Å². The molecule has 0 saturated carbocycles. The number of nitrogens with zero attached hydrogens (tertiary/aromatic N) is 3. The maximum atomic E-state index is 13.8. The average Bonchev–Trinajstić information content (AvgIpc) is 3.16. The molecule has 2 atom stereocenters. The Balaban J connectivity index is 0.000000554. The summed E-state index contributed by atoms with van der Waals surface area (Å²) >= 11 is 12.6. The van der Waals surface area contributed by atoms with Gasteiger partial charge in [-0.1, -0.05) is 71.7 Å². The van der Waals surface area contributed by atoms with E-state index in [1.54, 1.807) is 36.4 Å². The van der Waals surface area contributed by atoms with Gasteiger partial charge in [-0.15, -0.1) is 0 Å². The normalized spacial score (nSPS) is 14.3. The van der Waals surface area contributed by atoms with Crippen LogP contribution < -0.4 is 0 Å². The summed E-state index contributed by atoms with van der Waals surface area (Å²) in [5, 5.41) is 47.7. The zero-order valence-corrected chi connectivity index (χ0v) is 34.0. The lowest BCUT2D eigenvalue weighted by Gasteiger charge is -2.34. The number of fused-ring (bicyclic) bond motifs is 1. The van der Waals surface area contributed by atoms with Gasteiger partial charge in [0.25, 0.3) is 11.6 Å². The van der Waals surface area contributed by atoms with E-state index in [1.807, 2.05) is 42.5 Å². The molecule has 1 heterocycles. The van der Waals surface area contributed by atoms with E-state index >= 15 is 0 Å². The lowest BCUT2D eigenvalue weighted by Crippen LogP contribution is -2.42. The number of non-ortho nitro benzene ring substituents is 1. The van der Waals surface area contributed by atoms with E-state index in [0.717, 1.165) is 49.4 Å². The smallest absolute Gasteiger partial charge is 0.336 e. The predicted octanol–water partition coefficient (Wildman–Crippen LogP) is 5.84. The van der Waals surface area contributed by atoms with Gasteiger partial charge in [-0.25, -0.2) is 4.79 Å². The summed E-state index contributed by atoms with van der Waals surface area (Å²) in [6.45, 7) is 3.09. The molecule has 0 spiro atoms. The van der Waals surface area contributed by atoms with Crippen molar-refractivity contribution < 1.29 is 54.2 Å². The largest absolute Gasteiger partial charge is 0.481 e. The minimum Gasteiger partial charge on any atom is -0.481 e. The molecule has 5 rings (SSSR count). The van der Waals surface area contributed by atoms with Crippen LogP contribution in [0, 0.1) is 10.1 Å². The molecule has 0 radical (unpaired) electrons. The van der Waals surface area contributed by atoms with Gasteiger partial charge >= 0.3 is 17.9 Å². The number of nitro groups is 1. The van der Waals surface area contributed by atoms with E-state index in [0.29, 0.717) is 38.8 Å². The Kier molecular flexibility index (Phi) is 17.3. The first kappa shape index (κ1) is 47.4. The Morgan fingerprint density at radius 3 is 2.10 bits per heavy atom. The number of nitro benzene ring substituents is 1. The molecule has 4 aromatic carbocycles. The first-order chi connectivity index (χ1) is 26.9. The number of carbonyl (C=O) groups excluding carboxylic acids is 1. The van der Waals surface area contributed by atoms with Crippen molar-refractivity contribution in [2.45, 2.75) is 54.4 Å². The summed E-state index contributed by atoms with van der Waals surface area (Å²) in [6.07, 6.45) is 2.21. The molecule has 312 valence electrons. The van der Waals surface area contributed by atoms with Gasteiger partial charge in [-0.3, -0.25) is 28.7 Å². The standard InChI is InChI=1S/C34H35Cl2N3O4S.C6H8O7.H2O/c1-37(34(40)30-21-27(39(41)42)19-25-7-3-4-8-28(25)30)22-26(24-11-12-31(35)32(36)20-24)15-18-38-16-13-23(14-17-38)29-9-5-6-10-33(29)44(2)43;7-3(8)1-6(13,5(11)12)2-4(9)10;/h3-12,19-21,23,26H,13-18,22H2,1-2H3;13H,1-2H2,(H,7,8)(H,9,10)(H,11,12);1H2/t26?,44-;;/m0../s1. The number of benzene rings is 4. The summed E-state index contributed by atoms with van der Waals surface area (Å²) in [5.41, 5.74) is -0.372. The van der Waals surface area contributed by atoms with Crippen molar-refractivity contribution in [2.24, 2.45) is 0 Å². The SMILES string of the molecule is CN(CC(CCN1CCC(c2ccccc2[S@](C)=O)CC1)c1ccc(Cl)c(Cl)c1)C(=O)c1cc([N+](=O)[O-])cc2ccccc12.O.O=C(O)CC(O)(CC(=O)O)C(=O)O. The van der Waals surface area contributed by atoms with Crippen LogP contribution >= 0.6 is 23.2 Å². The van der Waals surface area contributed by atoms with Crippen LogP contribution in [0.1, 0.15) is 65.4 Å². The summed E-state index contributed by atoms with van der Waals surface area (Å²) in [6, 6.07) is 23.7. The first-order valence-corrected chi connectivity index (χ1v) is 20.1. The molecule has 1 saturated heterocycles. The number of amides is 1. The molecular formula is C40H45Cl2N3O12S. The van der Waals surface area contributed by atoms with Crippen molar-refractivity contribution in [3.63, 3.8) is 0 Å². The number of rotatable bonds is 15. The van der Waals surface area contributed by atoms with Crippen LogP contribution in [0.2, 0.25) is 10.0 Å². The molecular weight excluding hydrogens is 817 g/mol. The van der Waals surface area contributed by atoms with Crippen molar-refractivity contribution >= 4 is 74.3 Å². The first-order valence-electron chi connectivity index (χ1n) is 17.8. The van der Waals surface area contributed by atoms with Gasteiger partial charge in [0.2, 0.25) is 0 Å². The topological polar surface area (TPSA) is 247 Å². The Labute approximate surface area is 346 Å². The Morgan fingerprint density at radius 2 is 1.53 bits per heavy atom. The summed E-state index contributed by atoms with van der Waals surface area (Å²) < 4.78 is 12.3. The highest BCUT2D eigenvalue weighted by Crippen LogP contribution is 2.34. The maximum absolute atomic E-state index is 13.8. The van der Waals surface area contributed by atoms with Crippen molar-refractivity contribution in [1.82, 2.24) is 9.80 Å². The molecule has 1 aliphatic heterocycles. The highest BCUT2D eigenvalue weighted by molar-refractivity contribution is 7.84. The van der Waals surface area contributed by atoms with E-state index in [2.05, 4.69) is 11.0 Å². The molecule has 15 nitrogen and oxygen atoms in total. The third-order valence-corrected chi connectivity index (χ3v) is 11.6. The molecule has 0 bridgehead atoms. The van der Waals surface area contributed by atoms with Crippen molar-refractivity contribution in [3.05, 3.63) is 116 Å². The van der Waals surface area contributed by atoms with Crippen LogP contribution in [-0.4, -0.2) is 114 Å². The number of carboxylic acid groups (broad SMARTS) is 3. The number of hydrogen-bond acceptors (Lipinski definition) is 9. The zero-order chi connectivity index (χ0) is 42.0. The minimum atomic E-state index is -2.74. The van der Waals surface area contributed by atoms with E-state index in [4.69, 9.17) is 43.6 Å². The van der Waals surface area contributed by atoms with Crippen LogP contribution in [0.3, 0.4) is 0 Å². The monoisotopic (exact) mass is 861 g/mol. The number of aliphatic carboxylic acids is 3. The number of halogens is 2. The van der Waals surface area contributed by atoms with E-state index in [-0.39, 0.29) is 23.0 Å². The van der Waals surface area contributed by atoms with Gasteiger partial charge in [0.05, 0.1) is 44.2 Å². The van der Waals surface area contributed by atoms with Crippen LogP contribution in [0.15, 0.2) is 83.8 Å². The summed E-state index contributed by atoms with van der Waals surface area (Å²) in [5.74, 6) is -4.95. The molecule has 4 aromatic rings. The van der Waals surface area contributed by atoms with Crippen LogP contribution in [-0.2, 0) is 25.2 Å². The fourth-order valence-electron chi connectivity index (χ4n) is 6.93. The Morgan fingerprint density at radius 1 is 0.931 bits per heavy atom. The number of likely N-dealkylation sites (N-methyl/N-ethyl adjacent to an activating group) is 1. The fraction of sp³-hybridized carbons (Fsp3) is 0.350. The molecule has 0 aliphatic carbocycles. The molecule has 58 heavy (non-hydrogen) atoms. The number of hydrogen-bond donors (Lipinski definition) is 4. The fourth-order valence-corrected chi connectivity index (χ4v) is 8.07. The number of likely N-dealkylation sites (tertiary alicyclic amines) is 1.